The van der Waals surface area contributed by atoms with Crippen molar-refractivity contribution in [2.24, 2.45) is 0 Å². The highest BCUT2D eigenvalue weighted by molar-refractivity contribution is 6.28. The molecule has 0 amide bonds. The number of halogens is 1. The van der Waals surface area contributed by atoms with Crippen molar-refractivity contribution < 1.29 is 5.11 Å². The Morgan fingerprint density at radius 3 is 3.06 bits per heavy atom. The highest BCUT2D eigenvalue weighted by Gasteiger charge is 2.21. The number of rotatable bonds is 1. The number of hydrogen-bond donors (Lipinski definition) is 2. The number of aromatic nitrogens is 2. The first-order valence-corrected chi connectivity index (χ1v) is 6.19. The molecule has 94 valence electrons. The lowest BCUT2D eigenvalue weighted by atomic mass is 10.2. The van der Waals surface area contributed by atoms with Gasteiger partial charge in [-0.1, -0.05) is 0 Å². The molecule has 1 aromatic heterocycles. The molecule has 0 aliphatic carbocycles. The van der Waals surface area contributed by atoms with Gasteiger partial charge in [0.25, 0.3) is 5.56 Å². The van der Waals surface area contributed by atoms with Crippen LogP contribution in [0.3, 0.4) is 0 Å². The van der Waals surface area contributed by atoms with Crippen LogP contribution >= 0.6 is 11.6 Å². The molecule has 2 N–H and O–H groups in total. The molecule has 1 fully saturated rings. The third-order valence-electron chi connectivity index (χ3n) is 3.19. The predicted molar refractivity (Wildman–Crippen MR) is 69.0 cm³/mol. The lowest BCUT2D eigenvalue weighted by Gasteiger charge is -2.16. The zero-order valence-electron chi connectivity index (χ0n) is 9.56. The van der Waals surface area contributed by atoms with E-state index in [1.807, 2.05) is 0 Å². The average molecular weight is 266 g/mol. The molecule has 5 nitrogen and oxygen atoms in total. The Morgan fingerprint density at radius 1 is 1.50 bits per heavy atom. The van der Waals surface area contributed by atoms with Crippen LogP contribution in [0.4, 0.5) is 0 Å². The lowest BCUT2D eigenvalue weighted by Crippen LogP contribution is -2.31. The van der Waals surface area contributed by atoms with Crippen molar-refractivity contribution in [3.63, 3.8) is 0 Å². The standard InChI is InChI=1S/C12H12ClN3O2/c13-12-15-9-6-7(17)3-4-8(9)11(18)16(12)10-2-1-5-14-10/h3-4,6,10,14,17H,1-2,5H2. The summed E-state index contributed by atoms with van der Waals surface area (Å²) >= 11 is 6.07. The fourth-order valence-electron chi connectivity index (χ4n) is 2.32. The van der Waals surface area contributed by atoms with Crippen LogP contribution in [-0.2, 0) is 0 Å². The van der Waals surface area contributed by atoms with Crippen LogP contribution in [0.15, 0.2) is 23.0 Å². The number of hydrogen-bond acceptors (Lipinski definition) is 4. The van der Waals surface area contributed by atoms with Crippen molar-refractivity contribution in [3.05, 3.63) is 33.8 Å². The SMILES string of the molecule is O=c1c2ccc(O)cc2nc(Cl)n1C1CCCN1. The second-order valence-electron chi connectivity index (χ2n) is 4.37. The van der Waals surface area contributed by atoms with Gasteiger partial charge >= 0.3 is 0 Å². The number of benzene rings is 1. The number of fused-ring (bicyclic) bond motifs is 1. The number of aromatic hydroxyl groups is 1. The summed E-state index contributed by atoms with van der Waals surface area (Å²) in [5.74, 6) is 0.0715. The van der Waals surface area contributed by atoms with Crippen molar-refractivity contribution >= 4 is 22.5 Å². The first-order chi connectivity index (χ1) is 8.66. The smallest absolute Gasteiger partial charge is 0.263 e. The third kappa shape index (κ3) is 1.76. The largest absolute Gasteiger partial charge is 0.508 e. The second kappa shape index (κ2) is 4.26. The van der Waals surface area contributed by atoms with E-state index in [4.69, 9.17) is 11.6 Å². The molecule has 1 aromatic carbocycles. The van der Waals surface area contributed by atoms with Gasteiger partial charge in [0.15, 0.2) is 0 Å². The molecule has 1 atom stereocenters. The second-order valence-corrected chi connectivity index (χ2v) is 4.71. The summed E-state index contributed by atoms with van der Waals surface area (Å²) < 4.78 is 1.48. The monoisotopic (exact) mass is 265 g/mol. The summed E-state index contributed by atoms with van der Waals surface area (Å²) in [4.78, 5) is 16.5. The van der Waals surface area contributed by atoms with E-state index < -0.39 is 0 Å². The zero-order valence-corrected chi connectivity index (χ0v) is 10.3. The molecular weight excluding hydrogens is 254 g/mol. The van der Waals surface area contributed by atoms with Crippen LogP contribution in [0.5, 0.6) is 5.75 Å². The number of nitrogens with one attached hydrogen (secondary N) is 1. The van der Waals surface area contributed by atoms with E-state index in [0.29, 0.717) is 10.9 Å². The number of phenols is 1. The minimum Gasteiger partial charge on any atom is -0.508 e. The minimum atomic E-state index is -0.176. The van der Waals surface area contributed by atoms with E-state index in [1.165, 1.54) is 16.7 Å². The molecule has 2 aromatic rings. The summed E-state index contributed by atoms with van der Waals surface area (Å²) in [6, 6.07) is 4.49. The molecule has 6 heteroatoms. The minimum absolute atomic E-state index is 0.0715. The third-order valence-corrected chi connectivity index (χ3v) is 3.45. The van der Waals surface area contributed by atoms with Gasteiger partial charge in [0.05, 0.1) is 17.1 Å². The summed E-state index contributed by atoms with van der Waals surface area (Å²) in [5, 5.41) is 13.2. The van der Waals surface area contributed by atoms with Gasteiger partial charge < -0.3 is 5.11 Å². The maximum Gasteiger partial charge on any atom is 0.263 e. The first kappa shape index (κ1) is 11.5. The molecule has 1 unspecified atom stereocenters. The van der Waals surface area contributed by atoms with E-state index in [1.54, 1.807) is 6.07 Å². The average Bonchev–Trinajstić information content (AvgIpc) is 2.82. The van der Waals surface area contributed by atoms with Crippen LogP contribution in [0.1, 0.15) is 19.0 Å². The highest BCUT2D eigenvalue weighted by atomic mass is 35.5. The maximum atomic E-state index is 12.4. The Labute approximate surface area is 108 Å². The van der Waals surface area contributed by atoms with Gasteiger partial charge in [-0.15, -0.1) is 0 Å². The van der Waals surface area contributed by atoms with Crippen LogP contribution in [0.2, 0.25) is 5.28 Å². The van der Waals surface area contributed by atoms with E-state index in [2.05, 4.69) is 10.3 Å². The Hall–Kier alpha value is -1.59. The zero-order chi connectivity index (χ0) is 12.7. The highest BCUT2D eigenvalue weighted by Crippen LogP contribution is 2.22. The fourth-order valence-corrected chi connectivity index (χ4v) is 2.60. The molecular formula is C12H12ClN3O2. The van der Waals surface area contributed by atoms with Gasteiger partial charge in [-0.25, -0.2) is 4.98 Å². The Balaban J connectivity index is 2.26. The lowest BCUT2D eigenvalue weighted by molar-refractivity contribution is 0.453. The summed E-state index contributed by atoms with van der Waals surface area (Å²) in [5.41, 5.74) is 0.239. The summed E-state index contributed by atoms with van der Waals surface area (Å²) in [6.45, 7) is 0.876. The van der Waals surface area contributed by atoms with Crippen molar-refractivity contribution in [2.75, 3.05) is 6.54 Å². The van der Waals surface area contributed by atoms with Crippen molar-refractivity contribution in [1.29, 1.82) is 0 Å². The van der Waals surface area contributed by atoms with E-state index >= 15 is 0 Å². The molecule has 18 heavy (non-hydrogen) atoms. The molecule has 2 heterocycles. The van der Waals surface area contributed by atoms with Crippen LogP contribution in [0.25, 0.3) is 10.9 Å². The van der Waals surface area contributed by atoms with Gasteiger partial charge in [-0.2, -0.15) is 0 Å². The molecule has 0 radical (unpaired) electrons. The van der Waals surface area contributed by atoms with Crippen molar-refractivity contribution in [2.45, 2.75) is 19.0 Å². The van der Waals surface area contributed by atoms with E-state index in [9.17, 15) is 9.90 Å². The Morgan fingerprint density at radius 2 is 2.33 bits per heavy atom. The van der Waals surface area contributed by atoms with Crippen LogP contribution in [-0.4, -0.2) is 21.2 Å². The van der Waals surface area contributed by atoms with Gasteiger partial charge in [0.1, 0.15) is 5.75 Å². The van der Waals surface area contributed by atoms with Crippen molar-refractivity contribution in [3.8, 4) is 5.75 Å². The molecule has 1 aliphatic heterocycles. The molecule has 1 saturated heterocycles. The van der Waals surface area contributed by atoms with Crippen LogP contribution in [0, 0.1) is 0 Å². The van der Waals surface area contributed by atoms with Crippen molar-refractivity contribution in [1.82, 2.24) is 14.9 Å². The van der Waals surface area contributed by atoms with Gasteiger partial charge in [-0.05, 0) is 43.1 Å². The number of phenolic OH excluding ortho intramolecular Hbond substituents is 1. The Kier molecular flexibility index (Phi) is 2.72. The molecule has 1 aliphatic rings. The predicted octanol–water partition coefficient (Wildman–Crippen LogP) is 1.64. The summed E-state index contributed by atoms with van der Waals surface area (Å²) in [6.07, 6.45) is 1.79. The molecule has 0 spiro atoms. The van der Waals surface area contributed by atoms with E-state index in [-0.39, 0.29) is 22.8 Å². The molecule has 0 bridgehead atoms. The maximum absolute atomic E-state index is 12.4. The summed E-state index contributed by atoms with van der Waals surface area (Å²) in [7, 11) is 0. The van der Waals surface area contributed by atoms with Gasteiger partial charge in [0, 0.05) is 6.07 Å². The fraction of sp³-hybridized carbons (Fsp3) is 0.333. The number of nitrogens with zero attached hydrogens (tertiary/aromatic N) is 2. The van der Waals surface area contributed by atoms with Gasteiger partial charge in [0.2, 0.25) is 5.28 Å². The van der Waals surface area contributed by atoms with Crippen LogP contribution < -0.4 is 10.9 Å². The Bertz CT molecular complexity index is 662. The normalized spacial score (nSPS) is 19.5. The first-order valence-electron chi connectivity index (χ1n) is 5.81. The van der Waals surface area contributed by atoms with Gasteiger partial charge in [-0.3, -0.25) is 14.7 Å². The molecule has 3 rings (SSSR count). The quantitative estimate of drug-likeness (QED) is 0.769. The molecule has 0 saturated carbocycles. The topological polar surface area (TPSA) is 67.1 Å². The van der Waals surface area contributed by atoms with E-state index in [0.717, 1.165) is 19.4 Å².